The van der Waals surface area contributed by atoms with Gasteiger partial charge in [0, 0.05) is 12.2 Å². The minimum Gasteiger partial charge on any atom is -0.385 e. The molecule has 2 rings (SSSR count). The smallest absolute Gasteiger partial charge is 0.0419 e. The average Bonchev–Trinajstić information content (AvgIpc) is 2.04. The second-order valence-electron chi connectivity index (χ2n) is 3.19. The summed E-state index contributed by atoms with van der Waals surface area (Å²) in [4.78, 5) is 0. The van der Waals surface area contributed by atoms with Gasteiger partial charge in [0.1, 0.15) is 0 Å². The van der Waals surface area contributed by atoms with Crippen molar-refractivity contribution in [3.63, 3.8) is 0 Å². The predicted molar refractivity (Wildman–Crippen MR) is 47.1 cm³/mol. The summed E-state index contributed by atoms with van der Waals surface area (Å²) < 4.78 is 0. The summed E-state index contributed by atoms with van der Waals surface area (Å²) in [6, 6.07) is 0.497. The van der Waals surface area contributed by atoms with Crippen LogP contribution in [0.25, 0.3) is 0 Å². The van der Waals surface area contributed by atoms with E-state index in [0.29, 0.717) is 6.04 Å². The van der Waals surface area contributed by atoms with Crippen LogP contribution < -0.4 is 5.32 Å². The maximum atomic E-state index is 3.31. The fourth-order valence-corrected chi connectivity index (χ4v) is 1.57. The van der Waals surface area contributed by atoms with E-state index < -0.39 is 0 Å². The maximum Gasteiger partial charge on any atom is 0.0419 e. The van der Waals surface area contributed by atoms with E-state index in [4.69, 9.17) is 0 Å². The largest absolute Gasteiger partial charge is 0.385 e. The Bertz CT molecular complexity index is 246. The van der Waals surface area contributed by atoms with Crippen LogP contribution in [-0.4, -0.2) is 6.04 Å². The Balaban J connectivity index is 2.31. The lowest BCUT2D eigenvalue weighted by molar-refractivity contribution is 0.733. The SMILES string of the molecule is CC1C=C2C=CCCC2=CN1. The lowest BCUT2D eigenvalue weighted by atomic mass is 9.93. The molecule has 1 aliphatic heterocycles. The number of nitrogens with one attached hydrogen (secondary N) is 1. The van der Waals surface area contributed by atoms with Gasteiger partial charge in [0.15, 0.2) is 0 Å². The molecule has 1 unspecified atom stereocenters. The first-order valence-electron chi connectivity index (χ1n) is 4.20. The molecule has 0 saturated carbocycles. The molecule has 2 aliphatic rings. The molecule has 0 amide bonds. The number of rotatable bonds is 0. The van der Waals surface area contributed by atoms with Crippen LogP contribution in [0.4, 0.5) is 0 Å². The third-order valence-electron chi connectivity index (χ3n) is 2.20. The zero-order chi connectivity index (χ0) is 7.68. The number of allylic oxidation sites excluding steroid dienone is 4. The number of hydrogen-bond donors (Lipinski definition) is 1. The molecule has 1 heteroatoms. The van der Waals surface area contributed by atoms with E-state index in [0.717, 1.165) is 0 Å². The van der Waals surface area contributed by atoms with Gasteiger partial charge in [-0.25, -0.2) is 0 Å². The third-order valence-corrected chi connectivity index (χ3v) is 2.20. The first kappa shape index (κ1) is 6.71. The predicted octanol–water partition coefficient (Wildman–Crippen LogP) is 2.14. The normalized spacial score (nSPS) is 28.3. The van der Waals surface area contributed by atoms with E-state index in [1.165, 1.54) is 24.0 Å². The van der Waals surface area contributed by atoms with Crippen LogP contribution in [-0.2, 0) is 0 Å². The summed E-state index contributed by atoms with van der Waals surface area (Å²) in [7, 11) is 0. The van der Waals surface area contributed by atoms with Crippen LogP contribution in [0, 0.1) is 0 Å². The molecule has 0 spiro atoms. The van der Waals surface area contributed by atoms with Crippen molar-refractivity contribution in [1.29, 1.82) is 0 Å². The van der Waals surface area contributed by atoms with Crippen molar-refractivity contribution >= 4 is 0 Å². The molecule has 11 heavy (non-hydrogen) atoms. The van der Waals surface area contributed by atoms with Gasteiger partial charge >= 0.3 is 0 Å². The number of hydrogen-bond acceptors (Lipinski definition) is 1. The monoisotopic (exact) mass is 147 g/mol. The molecule has 58 valence electrons. The standard InChI is InChI=1S/C10H13N/c1-8-6-9-4-2-3-5-10(9)7-11-8/h2,4,6-8,11H,3,5H2,1H3. The van der Waals surface area contributed by atoms with Crippen LogP contribution in [0.15, 0.2) is 35.6 Å². The Kier molecular flexibility index (Phi) is 1.57. The van der Waals surface area contributed by atoms with E-state index >= 15 is 0 Å². The first-order chi connectivity index (χ1) is 5.36. The lowest BCUT2D eigenvalue weighted by Gasteiger charge is -2.21. The molecule has 0 bridgehead atoms. The summed E-state index contributed by atoms with van der Waals surface area (Å²) in [5.74, 6) is 0. The Morgan fingerprint density at radius 1 is 1.55 bits per heavy atom. The molecular weight excluding hydrogens is 134 g/mol. The fraction of sp³-hybridized carbons (Fsp3) is 0.400. The highest BCUT2D eigenvalue weighted by atomic mass is 14.9. The third kappa shape index (κ3) is 1.23. The molecule has 0 saturated heterocycles. The second-order valence-corrected chi connectivity index (χ2v) is 3.19. The molecule has 0 fully saturated rings. The fourth-order valence-electron chi connectivity index (χ4n) is 1.57. The zero-order valence-corrected chi connectivity index (χ0v) is 6.80. The molecule has 1 heterocycles. The van der Waals surface area contributed by atoms with E-state index in [-0.39, 0.29) is 0 Å². The molecule has 1 N–H and O–H groups in total. The molecule has 1 nitrogen and oxygen atoms in total. The van der Waals surface area contributed by atoms with E-state index in [2.05, 4.69) is 36.7 Å². The van der Waals surface area contributed by atoms with Crippen molar-refractivity contribution in [2.45, 2.75) is 25.8 Å². The topological polar surface area (TPSA) is 12.0 Å². The highest BCUT2D eigenvalue weighted by Crippen LogP contribution is 2.24. The first-order valence-corrected chi connectivity index (χ1v) is 4.20. The van der Waals surface area contributed by atoms with Gasteiger partial charge < -0.3 is 5.32 Å². The second kappa shape index (κ2) is 2.57. The molecule has 1 atom stereocenters. The quantitative estimate of drug-likeness (QED) is 0.553. The Morgan fingerprint density at radius 3 is 3.36 bits per heavy atom. The van der Waals surface area contributed by atoms with Crippen LogP contribution in [0.5, 0.6) is 0 Å². The van der Waals surface area contributed by atoms with Crippen LogP contribution in [0.2, 0.25) is 0 Å². The highest BCUT2D eigenvalue weighted by molar-refractivity contribution is 5.44. The van der Waals surface area contributed by atoms with Crippen molar-refractivity contribution < 1.29 is 0 Å². The number of fused-ring (bicyclic) bond motifs is 1. The molecule has 0 radical (unpaired) electrons. The summed E-state index contributed by atoms with van der Waals surface area (Å²) in [6.07, 6.45) is 11.3. The van der Waals surface area contributed by atoms with Crippen molar-refractivity contribution in [1.82, 2.24) is 5.32 Å². The minimum atomic E-state index is 0.497. The van der Waals surface area contributed by atoms with Gasteiger partial charge in [-0.05, 0) is 30.9 Å². The maximum absolute atomic E-state index is 3.31. The zero-order valence-electron chi connectivity index (χ0n) is 6.80. The minimum absolute atomic E-state index is 0.497. The van der Waals surface area contributed by atoms with Crippen molar-refractivity contribution in [3.05, 3.63) is 35.6 Å². The van der Waals surface area contributed by atoms with Crippen molar-refractivity contribution in [3.8, 4) is 0 Å². The van der Waals surface area contributed by atoms with Crippen LogP contribution in [0.1, 0.15) is 19.8 Å². The molecule has 1 aliphatic carbocycles. The Labute approximate surface area is 67.5 Å². The lowest BCUT2D eigenvalue weighted by Crippen LogP contribution is -2.23. The summed E-state index contributed by atoms with van der Waals surface area (Å²) in [6.45, 7) is 2.17. The van der Waals surface area contributed by atoms with Gasteiger partial charge in [-0.3, -0.25) is 0 Å². The van der Waals surface area contributed by atoms with Crippen molar-refractivity contribution in [2.24, 2.45) is 0 Å². The van der Waals surface area contributed by atoms with Gasteiger partial charge in [0.05, 0.1) is 0 Å². The van der Waals surface area contributed by atoms with Crippen LogP contribution >= 0.6 is 0 Å². The van der Waals surface area contributed by atoms with Gasteiger partial charge in [0.25, 0.3) is 0 Å². The molecule has 0 aromatic carbocycles. The number of dihydropyridines is 1. The van der Waals surface area contributed by atoms with Crippen molar-refractivity contribution in [2.75, 3.05) is 0 Å². The average molecular weight is 147 g/mol. The van der Waals surface area contributed by atoms with E-state index in [9.17, 15) is 0 Å². The van der Waals surface area contributed by atoms with Gasteiger partial charge in [0.2, 0.25) is 0 Å². The summed E-state index contributed by atoms with van der Waals surface area (Å²) in [5.41, 5.74) is 2.88. The van der Waals surface area contributed by atoms with Gasteiger partial charge in [-0.15, -0.1) is 0 Å². The highest BCUT2D eigenvalue weighted by Gasteiger charge is 2.11. The Morgan fingerprint density at radius 2 is 2.45 bits per heavy atom. The summed E-state index contributed by atoms with van der Waals surface area (Å²) in [5, 5.41) is 3.31. The molecule has 0 aromatic rings. The molecular formula is C10H13N. The van der Waals surface area contributed by atoms with Crippen LogP contribution in [0.3, 0.4) is 0 Å². The molecule has 0 aromatic heterocycles. The van der Waals surface area contributed by atoms with E-state index in [1.54, 1.807) is 0 Å². The van der Waals surface area contributed by atoms with Gasteiger partial charge in [-0.2, -0.15) is 0 Å². The summed E-state index contributed by atoms with van der Waals surface area (Å²) >= 11 is 0. The van der Waals surface area contributed by atoms with E-state index in [1.807, 2.05) is 0 Å². The Hall–Kier alpha value is -0.980. The van der Waals surface area contributed by atoms with Gasteiger partial charge in [-0.1, -0.05) is 18.2 Å².